The number of benzene rings is 3. The minimum absolute atomic E-state index is 0.0369. The molecule has 42 heavy (non-hydrogen) atoms. The van der Waals surface area contributed by atoms with Gasteiger partial charge in [-0.25, -0.2) is 4.79 Å². The Kier molecular flexibility index (Phi) is 10.5. The van der Waals surface area contributed by atoms with Crippen molar-refractivity contribution in [2.45, 2.75) is 25.2 Å². The number of hydrogen-bond donors (Lipinski definition) is 1. The highest BCUT2D eigenvalue weighted by atomic mass is 35.5. The summed E-state index contributed by atoms with van der Waals surface area (Å²) in [7, 11) is 3.07. The first-order chi connectivity index (χ1) is 20.3. The molecule has 0 saturated carbocycles. The van der Waals surface area contributed by atoms with Crippen LogP contribution in [0.25, 0.3) is 17.5 Å². The van der Waals surface area contributed by atoms with Crippen LogP contribution in [0.3, 0.4) is 0 Å². The smallest absolute Gasteiger partial charge is 0.342 e. The SMILES string of the molecule is C=CCc1cc(/C=C(/Sc2nnc(-c3cc(OC)cc(OC)c3)o2)C(=O)O)cc(OCC)c1OCc1ccccc1Cl. The quantitative estimate of drug-likeness (QED) is 0.0886. The van der Waals surface area contributed by atoms with Crippen molar-refractivity contribution in [3.8, 4) is 34.5 Å². The van der Waals surface area contributed by atoms with E-state index in [-0.39, 0.29) is 22.6 Å². The minimum atomic E-state index is -1.16. The Morgan fingerprint density at radius 2 is 1.79 bits per heavy atom. The molecule has 4 rings (SSSR count). The first-order valence-corrected chi connectivity index (χ1v) is 14.0. The average Bonchev–Trinajstić information content (AvgIpc) is 3.46. The van der Waals surface area contributed by atoms with Crippen LogP contribution in [-0.4, -0.2) is 42.1 Å². The van der Waals surface area contributed by atoms with Crippen LogP contribution in [-0.2, 0) is 17.8 Å². The van der Waals surface area contributed by atoms with E-state index < -0.39 is 5.97 Å². The molecule has 0 spiro atoms. The maximum Gasteiger partial charge on any atom is 0.342 e. The Labute approximate surface area is 252 Å². The number of carboxylic acids is 1. The Hall–Kier alpha value is -4.41. The third kappa shape index (κ3) is 7.65. The Morgan fingerprint density at radius 1 is 1.05 bits per heavy atom. The number of thioether (sulfide) groups is 1. The fourth-order valence-electron chi connectivity index (χ4n) is 3.94. The van der Waals surface area contributed by atoms with Crippen LogP contribution in [0.5, 0.6) is 23.0 Å². The summed E-state index contributed by atoms with van der Waals surface area (Å²) in [5.74, 6) is 1.12. The molecule has 0 fully saturated rings. The number of carbonyl (C=O) groups is 1. The van der Waals surface area contributed by atoms with E-state index >= 15 is 0 Å². The van der Waals surface area contributed by atoms with Gasteiger partial charge in [0.2, 0.25) is 5.89 Å². The summed E-state index contributed by atoms with van der Waals surface area (Å²) in [6.07, 6.45) is 3.71. The Balaban J connectivity index is 1.65. The zero-order chi connectivity index (χ0) is 30.1. The highest BCUT2D eigenvalue weighted by molar-refractivity contribution is 8.03. The molecule has 4 aromatic rings. The van der Waals surface area contributed by atoms with Crippen LogP contribution in [0.15, 0.2) is 81.8 Å². The summed E-state index contributed by atoms with van der Waals surface area (Å²) in [6.45, 7) is 6.32. The van der Waals surface area contributed by atoms with Crippen LogP contribution in [0.1, 0.15) is 23.6 Å². The van der Waals surface area contributed by atoms with Crippen molar-refractivity contribution >= 4 is 35.4 Å². The molecule has 11 heteroatoms. The number of ether oxygens (including phenoxy) is 4. The first-order valence-electron chi connectivity index (χ1n) is 12.8. The van der Waals surface area contributed by atoms with Crippen LogP contribution >= 0.6 is 23.4 Å². The lowest BCUT2D eigenvalue weighted by atomic mass is 10.0. The number of rotatable bonds is 14. The largest absolute Gasteiger partial charge is 0.497 e. The molecule has 9 nitrogen and oxygen atoms in total. The second-order valence-electron chi connectivity index (χ2n) is 8.70. The predicted molar refractivity (Wildman–Crippen MR) is 162 cm³/mol. The van der Waals surface area contributed by atoms with Gasteiger partial charge in [0.05, 0.1) is 20.8 Å². The van der Waals surface area contributed by atoms with Gasteiger partial charge in [0, 0.05) is 27.8 Å². The molecule has 218 valence electrons. The summed E-state index contributed by atoms with van der Waals surface area (Å²) >= 11 is 7.14. The molecule has 0 saturated heterocycles. The van der Waals surface area contributed by atoms with Crippen molar-refractivity contribution in [3.63, 3.8) is 0 Å². The van der Waals surface area contributed by atoms with E-state index in [1.165, 1.54) is 20.3 Å². The maximum atomic E-state index is 12.2. The van der Waals surface area contributed by atoms with Crippen molar-refractivity contribution in [1.29, 1.82) is 0 Å². The zero-order valence-electron chi connectivity index (χ0n) is 23.3. The average molecular weight is 609 g/mol. The fraction of sp³-hybridized carbons (Fsp3) is 0.194. The molecule has 1 aromatic heterocycles. The second-order valence-corrected chi connectivity index (χ2v) is 10.1. The van der Waals surface area contributed by atoms with Crippen molar-refractivity contribution in [2.24, 2.45) is 0 Å². The lowest BCUT2D eigenvalue weighted by Crippen LogP contribution is -2.04. The molecule has 0 unspecified atom stereocenters. The number of allylic oxidation sites excluding steroid dienone is 1. The summed E-state index contributed by atoms with van der Waals surface area (Å²) < 4.78 is 28.4. The van der Waals surface area contributed by atoms with E-state index in [1.54, 1.807) is 36.4 Å². The lowest BCUT2D eigenvalue weighted by molar-refractivity contribution is -0.131. The fourth-order valence-corrected chi connectivity index (χ4v) is 4.81. The van der Waals surface area contributed by atoms with Crippen LogP contribution in [0.4, 0.5) is 0 Å². The van der Waals surface area contributed by atoms with Crippen LogP contribution in [0, 0.1) is 0 Å². The number of aliphatic carboxylic acids is 1. The van der Waals surface area contributed by atoms with E-state index in [4.69, 9.17) is 35.0 Å². The molecule has 1 heterocycles. The molecule has 0 bridgehead atoms. The van der Waals surface area contributed by atoms with Gasteiger partial charge in [-0.05, 0) is 67.1 Å². The third-order valence-corrected chi connectivity index (χ3v) is 7.08. The van der Waals surface area contributed by atoms with Gasteiger partial charge in [-0.3, -0.25) is 0 Å². The highest BCUT2D eigenvalue weighted by Gasteiger charge is 2.19. The second kappa shape index (κ2) is 14.5. The standard InChI is InChI=1S/C31H29ClN2O7S/c1-5-9-20-12-19(13-26(39-6-2)28(20)40-18-21-10-7-8-11-25(21)32)14-27(30(35)36)42-31-34-33-29(41-31)22-15-23(37-3)17-24(16-22)38-4/h5,7-8,10-17H,1,6,9,18H2,2-4H3,(H,35,36)/b27-14+. The van der Waals surface area contributed by atoms with E-state index in [2.05, 4.69) is 16.8 Å². The Bertz CT molecular complexity index is 1580. The molecule has 3 aromatic carbocycles. The van der Waals surface area contributed by atoms with E-state index in [1.807, 2.05) is 31.2 Å². The molecule has 0 aliphatic carbocycles. The lowest BCUT2D eigenvalue weighted by Gasteiger charge is -2.17. The summed E-state index contributed by atoms with van der Waals surface area (Å²) in [6, 6.07) is 16.1. The third-order valence-electron chi connectivity index (χ3n) is 5.86. The summed E-state index contributed by atoms with van der Waals surface area (Å²) in [5.41, 5.74) is 2.75. The molecule has 0 aliphatic rings. The van der Waals surface area contributed by atoms with Crippen molar-refractivity contribution < 1.29 is 33.3 Å². The van der Waals surface area contributed by atoms with Gasteiger partial charge in [-0.15, -0.1) is 16.8 Å². The van der Waals surface area contributed by atoms with Gasteiger partial charge in [0.25, 0.3) is 5.22 Å². The number of carboxylic acid groups (broad SMARTS) is 1. The first kappa shape index (κ1) is 30.5. The van der Waals surface area contributed by atoms with E-state index in [9.17, 15) is 9.90 Å². The zero-order valence-corrected chi connectivity index (χ0v) is 24.8. The van der Waals surface area contributed by atoms with Crippen LogP contribution < -0.4 is 18.9 Å². The summed E-state index contributed by atoms with van der Waals surface area (Å²) in [5, 5.41) is 18.7. The van der Waals surface area contributed by atoms with E-state index in [0.29, 0.717) is 52.2 Å². The van der Waals surface area contributed by atoms with Gasteiger partial charge in [0.15, 0.2) is 11.5 Å². The molecule has 0 radical (unpaired) electrons. The maximum absolute atomic E-state index is 12.2. The molecule has 0 amide bonds. The number of aromatic nitrogens is 2. The monoisotopic (exact) mass is 608 g/mol. The van der Waals surface area contributed by atoms with Gasteiger partial charge in [-0.1, -0.05) is 35.9 Å². The predicted octanol–water partition coefficient (Wildman–Crippen LogP) is 7.33. The molecule has 0 aliphatic heterocycles. The topological polar surface area (TPSA) is 113 Å². The van der Waals surface area contributed by atoms with Crippen molar-refractivity contribution in [1.82, 2.24) is 10.2 Å². The summed E-state index contributed by atoms with van der Waals surface area (Å²) in [4.78, 5) is 12.2. The number of methoxy groups -OCH3 is 2. The van der Waals surface area contributed by atoms with Gasteiger partial charge < -0.3 is 28.5 Å². The normalized spacial score (nSPS) is 11.2. The number of nitrogens with zero attached hydrogens (tertiary/aromatic N) is 2. The van der Waals surface area contributed by atoms with Crippen LogP contribution in [0.2, 0.25) is 5.02 Å². The number of hydrogen-bond acceptors (Lipinski definition) is 9. The highest BCUT2D eigenvalue weighted by Crippen LogP contribution is 2.38. The molecular formula is C31H29ClN2O7S. The van der Waals surface area contributed by atoms with Gasteiger partial charge in [-0.2, -0.15) is 0 Å². The van der Waals surface area contributed by atoms with Crippen molar-refractivity contribution in [2.75, 3.05) is 20.8 Å². The number of halogens is 1. The molecular weight excluding hydrogens is 580 g/mol. The minimum Gasteiger partial charge on any atom is -0.497 e. The van der Waals surface area contributed by atoms with Gasteiger partial charge >= 0.3 is 5.97 Å². The van der Waals surface area contributed by atoms with Crippen molar-refractivity contribution in [3.05, 3.63) is 93.9 Å². The Morgan fingerprint density at radius 3 is 2.43 bits per heavy atom. The van der Waals surface area contributed by atoms with Gasteiger partial charge in [0.1, 0.15) is 23.0 Å². The molecule has 1 N–H and O–H groups in total. The van der Waals surface area contributed by atoms with E-state index in [0.717, 1.165) is 22.9 Å². The molecule has 0 atom stereocenters.